The van der Waals surface area contributed by atoms with Crippen molar-refractivity contribution in [1.29, 1.82) is 0 Å². The minimum atomic E-state index is -0.567. The Morgan fingerprint density at radius 3 is 2.59 bits per heavy atom. The summed E-state index contributed by atoms with van der Waals surface area (Å²) in [5, 5.41) is 2.80. The molecule has 0 aliphatic carbocycles. The van der Waals surface area contributed by atoms with Crippen LogP contribution in [0, 0.1) is 19.8 Å². The summed E-state index contributed by atoms with van der Waals surface area (Å²) in [4.78, 5) is 38.5. The van der Waals surface area contributed by atoms with Crippen molar-refractivity contribution in [2.45, 2.75) is 33.2 Å². The summed E-state index contributed by atoms with van der Waals surface area (Å²) in [6.45, 7) is 5.71. The molecule has 6 heteroatoms. The van der Waals surface area contributed by atoms with Gasteiger partial charge in [-0.3, -0.25) is 14.4 Å². The molecule has 3 rings (SSSR count). The number of carbonyl (C=O) groups excluding carboxylic acids is 3. The molecule has 152 valence electrons. The zero-order valence-corrected chi connectivity index (χ0v) is 17.0. The van der Waals surface area contributed by atoms with Crippen LogP contribution in [0.1, 0.15) is 36.1 Å². The molecule has 2 amide bonds. The zero-order chi connectivity index (χ0) is 21.0. The van der Waals surface area contributed by atoms with Crippen molar-refractivity contribution < 1.29 is 19.1 Å². The molecule has 1 fully saturated rings. The van der Waals surface area contributed by atoms with E-state index in [1.54, 1.807) is 4.90 Å². The largest absolute Gasteiger partial charge is 0.455 e. The van der Waals surface area contributed by atoms with Crippen LogP contribution in [0.2, 0.25) is 0 Å². The lowest BCUT2D eigenvalue weighted by molar-refractivity contribution is -0.152. The Bertz CT molecular complexity index is 910. The third-order valence-electron chi connectivity index (χ3n) is 5.12. The molecular formula is C23H26N2O4. The molecule has 0 saturated carbocycles. The molecule has 0 spiro atoms. The first-order valence-corrected chi connectivity index (χ1v) is 9.73. The Labute approximate surface area is 170 Å². The van der Waals surface area contributed by atoms with Gasteiger partial charge >= 0.3 is 5.97 Å². The van der Waals surface area contributed by atoms with E-state index >= 15 is 0 Å². The van der Waals surface area contributed by atoms with Crippen LogP contribution in [0.15, 0.2) is 48.5 Å². The van der Waals surface area contributed by atoms with Crippen molar-refractivity contribution in [3.8, 4) is 0 Å². The van der Waals surface area contributed by atoms with Gasteiger partial charge in [0.05, 0.1) is 12.0 Å². The molecule has 0 radical (unpaired) electrons. The third kappa shape index (κ3) is 5.02. The number of anilines is 1. The van der Waals surface area contributed by atoms with E-state index in [-0.39, 0.29) is 37.4 Å². The quantitative estimate of drug-likeness (QED) is 0.764. The van der Waals surface area contributed by atoms with Crippen molar-refractivity contribution in [2.24, 2.45) is 5.92 Å². The first-order chi connectivity index (χ1) is 13.8. The van der Waals surface area contributed by atoms with Gasteiger partial charge in [-0.25, -0.2) is 0 Å². The van der Waals surface area contributed by atoms with Crippen molar-refractivity contribution in [3.63, 3.8) is 0 Å². The number of amides is 2. The number of carbonyl (C=O) groups is 3. The molecule has 0 aromatic heterocycles. The maximum atomic E-state index is 12.4. The summed E-state index contributed by atoms with van der Waals surface area (Å²) in [5.41, 5.74) is 3.88. The third-order valence-corrected chi connectivity index (χ3v) is 5.12. The molecule has 1 N–H and O–H groups in total. The van der Waals surface area contributed by atoms with E-state index in [9.17, 15) is 14.4 Å². The number of esters is 1. The lowest BCUT2D eigenvalue weighted by Gasteiger charge is -2.19. The Hall–Kier alpha value is -3.15. The predicted molar refractivity (Wildman–Crippen MR) is 110 cm³/mol. The highest BCUT2D eigenvalue weighted by atomic mass is 16.5. The maximum Gasteiger partial charge on any atom is 0.311 e. The van der Waals surface area contributed by atoms with E-state index in [1.807, 2.05) is 69.3 Å². The van der Waals surface area contributed by atoms with Crippen LogP contribution >= 0.6 is 0 Å². The minimum absolute atomic E-state index is 0.0915. The molecule has 6 nitrogen and oxygen atoms in total. The Kier molecular flexibility index (Phi) is 6.32. The first-order valence-electron chi connectivity index (χ1n) is 9.73. The second kappa shape index (κ2) is 8.90. The summed E-state index contributed by atoms with van der Waals surface area (Å²) in [6, 6.07) is 15.2. The lowest BCUT2D eigenvalue weighted by Crippen LogP contribution is -2.33. The topological polar surface area (TPSA) is 75.7 Å². The SMILES string of the molecule is Cc1ccc(N2C[C@H](C(=O)OCC(=O)N[C@@H](C)c3ccccc3)CC2=O)c(C)c1. The molecule has 1 aliphatic rings. The fourth-order valence-corrected chi connectivity index (χ4v) is 3.57. The second-order valence-corrected chi connectivity index (χ2v) is 7.50. The zero-order valence-electron chi connectivity index (χ0n) is 17.0. The highest BCUT2D eigenvalue weighted by Crippen LogP contribution is 2.29. The molecule has 2 aromatic rings. The summed E-state index contributed by atoms with van der Waals surface area (Å²) >= 11 is 0. The van der Waals surface area contributed by atoms with E-state index in [0.717, 1.165) is 22.4 Å². The molecule has 1 heterocycles. The van der Waals surface area contributed by atoms with Crippen LogP contribution in [0.3, 0.4) is 0 Å². The van der Waals surface area contributed by atoms with Gasteiger partial charge in [0, 0.05) is 18.7 Å². The number of rotatable bonds is 6. The van der Waals surface area contributed by atoms with Crippen LogP contribution in [-0.2, 0) is 19.1 Å². The van der Waals surface area contributed by atoms with Crippen molar-refractivity contribution >= 4 is 23.5 Å². The number of nitrogens with zero attached hydrogens (tertiary/aromatic N) is 1. The van der Waals surface area contributed by atoms with E-state index in [4.69, 9.17) is 4.74 Å². The van der Waals surface area contributed by atoms with Gasteiger partial charge in [-0.2, -0.15) is 0 Å². The fourth-order valence-electron chi connectivity index (χ4n) is 3.57. The van der Waals surface area contributed by atoms with Crippen LogP contribution in [-0.4, -0.2) is 30.9 Å². The average molecular weight is 394 g/mol. The standard InChI is InChI=1S/C23H26N2O4/c1-15-9-10-20(16(2)11-15)25-13-19(12-22(25)27)23(28)29-14-21(26)24-17(3)18-7-5-4-6-8-18/h4-11,17,19H,12-14H2,1-3H3,(H,24,26)/t17-,19+/m0/s1. The average Bonchev–Trinajstić information content (AvgIpc) is 3.08. The van der Waals surface area contributed by atoms with Crippen molar-refractivity contribution in [2.75, 3.05) is 18.1 Å². The van der Waals surface area contributed by atoms with E-state index in [0.29, 0.717) is 0 Å². The number of hydrogen-bond acceptors (Lipinski definition) is 4. The Balaban J connectivity index is 1.52. The van der Waals surface area contributed by atoms with Crippen molar-refractivity contribution in [3.05, 3.63) is 65.2 Å². The van der Waals surface area contributed by atoms with E-state index in [1.165, 1.54) is 0 Å². The van der Waals surface area contributed by atoms with E-state index < -0.39 is 11.9 Å². The molecule has 2 aromatic carbocycles. The van der Waals surface area contributed by atoms with Gasteiger partial charge in [-0.15, -0.1) is 0 Å². The lowest BCUT2D eigenvalue weighted by atomic mass is 10.1. The normalized spacial score (nSPS) is 17.1. The van der Waals surface area contributed by atoms with Gasteiger partial charge in [0.15, 0.2) is 6.61 Å². The molecule has 29 heavy (non-hydrogen) atoms. The number of benzene rings is 2. The van der Waals surface area contributed by atoms with Crippen LogP contribution < -0.4 is 10.2 Å². The van der Waals surface area contributed by atoms with Gasteiger partial charge in [0.2, 0.25) is 5.91 Å². The molecule has 0 unspecified atom stereocenters. The Morgan fingerprint density at radius 2 is 1.90 bits per heavy atom. The Morgan fingerprint density at radius 1 is 1.17 bits per heavy atom. The van der Waals surface area contributed by atoms with Gasteiger partial charge < -0.3 is 15.0 Å². The van der Waals surface area contributed by atoms with Gasteiger partial charge in [-0.1, -0.05) is 48.0 Å². The fraction of sp³-hybridized carbons (Fsp3) is 0.348. The first kappa shape index (κ1) is 20.6. The minimum Gasteiger partial charge on any atom is -0.455 e. The number of nitrogens with one attached hydrogen (secondary N) is 1. The number of hydrogen-bond donors (Lipinski definition) is 1. The molecular weight excluding hydrogens is 368 g/mol. The molecule has 1 aliphatic heterocycles. The smallest absolute Gasteiger partial charge is 0.311 e. The van der Waals surface area contributed by atoms with Gasteiger partial charge in [-0.05, 0) is 38.0 Å². The molecule has 1 saturated heterocycles. The summed E-state index contributed by atoms with van der Waals surface area (Å²) < 4.78 is 5.18. The van der Waals surface area contributed by atoms with E-state index in [2.05, 4.69) is 5.32 Å². The monoisotopic (exact) mass is 394 g/mol. The second-order valence-electron chi connectivity index (χ2n) is 7.50. The predicted octanol–water partition coefficient (Wildman–Crippen LogP) is 3.08. The summed E-state index contributed by atoms with van der Waals surface area (Å²) in [5.74, 6) is -1.57. The summed E-state index contributed by atoms with van der Waals surface area (Å²) in [7, 11) is 0. The highest BCUT2D eigenvalue weighted by molar-refractivity contribution is 6.00. The van der Waals surface area contributed by atoms with Crippen LogP contribution in [0.4, 0.5) is 5.69 Å². The van der Waals surface area contributed by atoms with Crippen molar-refractivity contribution in [1.82, 2.24) is 5.32 Å². The number of aryl methyl sites for hydroxylation is 2. The number of ether oxygens (including phenoxy) is 1. The van der Waals surface area contributed by atoms with Crippen LogP contribution in [0.25, 0.3) is 0 Å². The van der Waals surface area contributed by atoms with Gasteiger partial charge in [0.1, 0.15) is 0 Å². The highest BCUT2D eigenvalue weighted by Gasteiger charge is 2.36. The maximum absolute atomic E-state index is 12.4. The van der Waals surface area contributed by atoms with Gasteiger partial charge in [0.25, 0.3) is 5.91 Å². The summed E-state index contributed by atoms with van der Waals surface area (Å²) in [6.07, 6.45) is 0.0915. The van der Waals surface area contributed by atoms with Crippen LogP contribution in [0.5, 0.6) is 0 Å². The molecule has 2 atom stereocenters. The molecule has 0 bridgehead atoms.